The predicted octanol–water partition coefficient (Wildman–Crippen LogP) is 0.423. The molecule has 1 radical (unpaired) electrons. The second-order valence-corrected chi connectivity index (χ2v) is 0.364. The Labute approximate surface area is 24.7 Å². The second-order valence-electron chi connectivity index (χ2n) is 0.364. The Kier molecular flexibility index (Phi) is 2.14. The molecule has 0 amide bonds. The molecule has 0 bridgehead atoms. The van der Waals surface area contributed by atoms with Crippen molar-refractivity contribution in [3.8, 4) is 0 Å². The van der Waals surface area contributed by atoms with Crippen LogP contribution in [-0.2, 0) is 5.21 Å². The van der Waals surface area contributed by atoms with Crippen molar-refractivity contribution in [1.29, 1.82) is 0 Å². The van der Waals surface area contributed by atoms with E-state index in [1.54, 1.807) is 6.92 Å². The maximum atomic E-state index is 8.87. The first-order valence-electron chi connectivity index (χ1n) is 1.02. The molecule has 2 heteroatoms. The summed E-state index contributed by atoms with van der Waals surface area (Å²) < 4.78 is 0. The molecule has 23 valence electrons. The van der Waals surface area contributed by atoms with Crippen molar-refractivity contribution in [2.75, 3.05) is 0 Å². The normalized spacial score (nSPS) is 9.25. The molecule has 0 rings (SSSR count). The summed E-state index contributed by atoms with van der Waals surface area (Å²) in [5.41, 5.74) is 0. The summed E-state index contributed by atoms with van der Waals surface area (Å²) in [5, 5.41) is 11.2. The Balaban J connectivity index is 2.55. The van der Waals surface area contributed by atoms with E-state index >= 15 is 0 Å². The molecule has 0 aromatic carbocycles. The molecule has 0 N–H and O–H groups in total. The summed E-state index contributed by atoms with van der Waals surface area (Å²) in [7, 11) is 0. The van der Waals surface area contributed by atoms with Crippen LogP contribution in [0.1, 0.15) is 6.92 Å². The molecule has 0 fully saturated rings. The lowest BCUT2D eigenvalue weighted by atomic mass is 10.9. The lowest BCUT2D eigenvalue weighted by molar-refractivity contribution is 0.211. The Hall–Kier alpha value is -0.530. The molecule has 2 nitrogen and oxygen atoms in total. The molecule has 0 saturated heterocycles. The minimum atomic E-state index is 1.19. The molecule has 0 heterocycles. The van der Waals surface area contributed by atoms with Crippen LogP contribution in [0, 0.1) is 0 Å². The van der Waals surface area contributed by atoms with Gasteiger partial charge in [0.2, 0.25) is 0 Å². The summed E-state index contributed by atoms with van der Waals surface area (Å²) in [6, 6.07) is 0. The maximum Gasteiger partial charge on any atom is 0.0458 e. The van der Waals surface area contributed by atoms with Crippen molar-refractivity contribution >= 4 is 6.21 Å². The summed E-state index contributed by atoms with van der Waals surface area (Å²) in [6.07, 6.45) is 1.19. The van der Waals surface area contributed by atoms with Crippen LogP contribution >= 0.6 is 0 Å². The van der Waals surface area contributed by atoms with Gasteiger partial charge < -0.3 is 0 Å². The van der Waals surface area contributed by atoms with Crippen molar-refractivity contribution in [2.45, 2.75) is 6.92 Å². The average molecular weight is 58.1 g/mol. The van der Waals surface area contributed by atoms with E-state index in [-0.39, 0.29) is 0 Å². The molecule has 0 unspecified atom stereocenters. The van der Waals surface area contributed by atoms with Gasteiger partial charge in [-0.1, -0.05) is 0 Å². The van der Waals surface area contributed by atoms with E-state index < -0.39 is 0 Å². The molecular weight excluding hydrogens is 54.0 g/mol. The van der Waals surface area contributed by atoms with Gasteiger partial charge in [0.15, 0.2) is 0 Å². The highest BCUT2D eigenvalue weighted by Gasteiger charge is 1.39. The van der Waals surface area contributed by atoms with Crippen LogP contribution < -0.4 is 0 Å². The zero-order chi connectivity index (χ0) is 3.41. The molecular formula is C2H4NO. The van der Waals surface area contributed by atoms with Crippen LogP contribution in [0.4, 0.5) is 0 Å². The zero-order valence-electron chi connectivity index (χ0n) is 2.43. The van der Waals surface area contributed by atoms with Gasteiger partial charge in [-0.25, -0.2) is 0 Å². The third-order valence-corrected chi connectivity index (χ3v) is 0.105. The predicted molar refractivity (Wildman–Crippen MR) is 14.9 cm³/mol. The van der Waals surface area contributed by atoms with Crippen LogP contribution in [0.5, 0.6) is 0 Å². The van der Waals surface area contributed by atoms with Gasteiger partial charge in [0.25, 0.3) is 0 Å². The first-order chi connectivity index (χ1) is 1.91. The largest absolute Gasteiger partial charge is 0.146 e. The van der Waals surface area contributed by atoms with Crippen LogP contribution in [0.3, 0.4) is 0 Å². The smallest absolute Gasteiger partial charge is 0.0458 e. The summed E-state index contributed by atoms with van der Waals surface area (Å²) in [5.74, 6) is 0. The first kappa shape index (κ1) is 3.47. The topological polar surface area (TPSA) is 32.3 Å². The van der Waals surface area contributed by atoms with Gasteiger partial charge in [0.05, 0.1) is 0 Å². The van der Waals surface area contributed by atoms with Gasteiger partial charge in [-0.15, -0.1) is 5.21 Å². The van der Waals surface area contributed by atoms with Gasteiger partial charge in [0.1, 0.15) is 0 Å². The van der Waals surface area contributed by atoms with E-state index in [0.29, 0.717) is 0 Å². The zero-order valence-corrected chi connectivity index (χ0v) is 2.43. The second kappa shape index (κ2) is 2.47. The fourth-order valence-corrected chi connectivity index (χ4v) is 0. The molecule has 0 aromatic rings. The highest BCUT2D eigenvalue weighted by Crippen LogP contribution is 1.40. The minimum Gasteiger partial charge on any atom is -0.146 e. The Morgan fingerprint density at radius 1 is 2.00 bits per heavy atom. The van der Waals surface area contributed by atoms with Crippen LogP contribution in [0.15, 0.2) is 5.16 Å². The van der Waals surface area contributed by atoms with Crippen molar-refractivity contribution in [1.82, 2.24) is 0 Å². The highest BCUT2D eigenvalue weighted by molar-refractivity contribution is 5.51. The lowest BCUT2D eigenvalue weighted by Crippen LogP contribution is -1.46. The maximum absolute atomic E-state index is 8.87. The van der Waals surface area contributed by atoms with E-state index in [4.69, 9.17) is 5.21 Å². The molecule has 0 saturated carbocycles. The standard InChI is InChI=1S/C2H4NO/c1-2-3-4/h2H,1H3/b3-2-. The summed E-state index contributed by atoms with van der Waals surface area (Å²) in [6.45, 7) is 1.58. The molecule has 0 aromatic heterocycles. The molecule has 0 aliphatic heterocycles. The van der Waals surface area contributed by atoms with Gasteiger partial charge in [0, 0.05) is 6.21 Å². The van der Waals surface area contributed by atoms with Crippen molar-refractivity contribution in [2.24, 2.45) is 5.16 Å². The van der Waals surface area contributed by atoms with Gasteiger partial charge in [-0.2, -0.15) is 0 Å². The minimum absolute atomic E-state index is 1.19. The molecule has 4 heavy (non-hydrogen) atoms. The van der Waals surface area contributed by atoms with Gasteiger partial charge in [-0.05, 0) is 12.1 Å². The Morgan fingerprint density at radius 2 is 2.25 bits per heavy atom. The van der Waals surface area contributed by atoms with E-state index in [0.717, 1.165) is 0 Å². The van der Waals surface area contributed by atoms with E-state index in [1.807, 2.05) is 0 Å². The highest BCUT2D eigenvalue weighted by atomic mass is 16.4. The van der Waals surface area contributed by atoms with Crippen LogP contribution in [-0.4, -0.2) is 6.21 Å². The molecule has 0 spiro atoms. The van der Waals surface area contributed by atoms with Crippen LogP contribution in [0.25, 0.3) is 0 Å². The Bertz CT molecular complexity index is 21.2. The number of hydrogen-bond acceptors (Lipinski definition) is 1. The molecule has 0 atom stereocenters. The lowest BCUT2D eigenvalue weighted by Gasteiger charge is -1.45. The van der Waals surface area contributed by atoms with Crippen molar-refractivity contribution in [3.05, 3.63) is 0 Å². The number of rotatable bonds is 0. The van der Waals surface area contributed by atoms with Crippen molar-refractivity contribution < 1.29 is 5.21 Å². The van der Waals surface area contributed by atoms with Gasteiger partial charge >= 0.3 is 0 Å². The van der Waals surface area contributed by atoms with Crippen molar-refractivity contribution in [3.63, 3.8) is 0 Å². The number of nitrogens with zero attached hydrogens (tertiary/aromatic N) is 1. The van der Waals surface area contributed by atoms with Crippen LogP contribution in [0.2, 0.25) is 0 Å². The Morgan fingerprint density at radius 3 is 2.25 bits per heavy atom. The van der Waals surface area contributed by atoms with E-state index in [1.165, 1.54) is 6.21 Å². The monoisotopic (exact) mass is 58.0 g/mol. The fraction of sp³-hybridized carbons (Fsp3) is 0.500. The van der Waals surface area contributed by atoms with E-state index in [2.05, 4.69) is 5.16 Å². The first-order valence-corrected chi connectivity index (χ1v) is 1.02. The summed E-state index contributed by atoms with van der Waals surface area (Å²) >= 11 is 0. The third-order valence-electron chi connectivity index (χ3n) is 0.105. The SMILES string of the molecule is C/C=N\[O]. The van der Waals surface area contributed by atoms with E-state index in [9.17, 15) is 0 Å². The number of hydrogen-bond donors (Lipinski definition) is 0. The summed E-state index contributed by atoms with van der Waals surface area (Å²) in [4.78, 5) is 0. The molecule has 0 aliphatic rings. The third kappa shape index (κ3) is 1.47. The van der Waals surface area contributed by atoms with Gasteiger partial charge in [-0.3, -0.25) is 0 Å². The quantitative estimate of drug-likeness (QED) is 0.285. The average Bonchev–Trinajstić information content (AvgIpc) is 1.37. The molecule has 0 aliphatic carbocycles. The fourth-order valence-electron chi connectivity index (χ4n) is 0.